The van der Waals surface area contributed by atoms with Crippen molar-refractivity contribution in [3.63, 3.8) is 0 Å². The molecule has 0 saturated carbocycles. The summed E-state index contributed by atoms with van der Waals surface area (Å²) in [5.41, 5.74) is 2.67. The molecule has 1 unspecified atom stereocenters. The van der Waals surface area contributed by atoms with Gasteiger partial charge in [-0.3, -0.25) is 4.68 Å². The summed E-state index contributed by atoms with van der Waals surface area (Å²) in [5, 5.41) is 26.4. The van der Waals surface area contributed by atoms with E-state index in [9.17, 15) is 5.11 Å². The van der Waals surface area contributed by atoms with Crippen LogP contribution in [0, 0.1) is 0 Å². The minimum absolute atomic E-state index is 0.0407. The van der Waals surface area contributed by atoms with E-state index >= 15 is 0 Å². The molecule has 166 valence electrons. The summed E-state index contributed by atoms with van der Waals surface area (Å²) < 4.78 is 18.3. The van der Waals surface area contributed by atoms with Gasteiger partial charge < -0.3 is 29.7 Å². The fraction of sp³-hybridized carbons (Fsp3) is 0.348. The minimum atomic E-state index is -0.599. The van der Waals surface area contributed by atoms with E-state index < -0.39 is 6.10 Å². The van der Waals surface area contributed by atoms with Crippen molar-refractivity contribution in [3.05, 3.63) is 60.3 Å². The minimum Gasteiger partial charge on any atom is -0.497 e. The number of aliphatic hydroxyl groups excluding tert-OH is 2. The number of benzene rings is 2. The van der Waals surface area contributed by atoms with Crippen molar-refractivity contribution >= 4 is 0 Å². The number of hydrogen-bond donors (Lipinski definition) is 3. The lowest BCUT2D eigenvalue weighted by molar-refractivity contribution is 0.144. The van der Waals surface area contributed by atoms with Crippen molar-refractivity contribution in [1.29, 1.82) is 0 Å². The highest BCUT2D eigenvalue weighted by atomic mass is 16.5. The van der Waals surface area contributed by atoms with Crippen molar-refractivity contribution in [2.75, 3.05) is 33.9 Å². The molecule has 0 saturated heterocycles. The van der Waals surface area contributed by atoms with Crippen molar-refractivity contribution in [1.82, 2.24) is 15.1 Å². The summed E-state index contributed by atoms with van der Waals surface area (Å²) in [6, 6.07) is 15.3. The molecular weight excluding hydrogens is 398 g/mol. The maximum atomic E-state index is 10.1. The van der Waals surface area contributed by atoms with Crippen LogP contribution in [-0.4, -0.2) is 60.0 Å². The summed E-state index contributed by atoms with van der Waals surface area (Å²) in [7, 11) is 3.24. The van der Waals surface area contributed by atoms with Crippen LogP contribution >= 0.6 is 0 Å². The van der Waals surface area contributed by atoms with Gasteiger partial charge in [0, 0.05) is 24.8 Å². The average Bonchev–Trinajstić information content (AvgIpc) is 3.26. The van der Waals surface area contributed by atoms with E-state index in [4.69, 9.17) is 19.3 Å². The Labute approximate surface area is 182 Å². The van der Waals surface area contributed by atoms with E-state index in [1.807, 2.05) is 54.7 Å². The van der Waals surface area contributed by atoms with E-state index in [0.29, 0.717) is 37.7 Å². The topological polar surface area (TPSA) is 98.0 Å². The number of rotatable bonds is 12. The van der Waals surface area contributed by atoms with Gasteiger partial charge in [-0.05, 0) is 42.0 Å². The molecule has 0 radical (unpaired) electrons. The van der Waals surface area contributed by atoms with Crippen molar-refractivity contribution in [2.45, 2.75) is 19.3 Å². The molecule has 3 aromatic rings. The fourth-order valence-electron chi connectivity index (χ4n) is 3.08. The molecule has 8 heteroatoms. The largest absolute Gasteiger partial charge is 0.497 e. The summed E-state index contributed by atoms with van der Waals surface area (Å²) in [6.45, 7) is 1.63. The Kier molecular flexibility index (Phi) is 8.28. The second kappa shape index (κ2) is 11.4. The number of nitrogens with zero attached hydrogens (tertiary/aromatic N) is 2. The number of ether oxygens (including phenoxy) is 3. The first kappa shape index (κ1) is 22.6. The molecule has 8 nitrogen and oxygen atoms in total. The van der Waals surface area contributed by atoms with Gasteiger partial charge in [-0.2, -0.15) is 5.10 Å². The highest BCUT2D eigenvalue weighted by molar-refractivity contribution is 5.63. The number of methoxy groups -OCH3 is 2. The molecule has 0 aliphatic rings. The van der Waals surface area contributed by atoms with Crippen molar-refractivity contribution in [3.8, 4) is 28.5 Å². The first-order valence-corrected chi connectivity index (χ1v) is 10.1. The number of aromatic nitrogens is 2. The monoisotopic (exact) mass is 427 g/mol. The van der Waals surface area contributed by atoms with E-state index in [-0.39, 0.29) is 6.61 Å². The molecule has 1 aromatic heterocycles. The number of nitrogens with one attached hydrogen (secondary N) is 1. The lowest BCUT2D eigenvalue weighted by Gasteiger charge is -2.13. The van der Waals surface area contributed by atoms with E-state index in [1.54, 1.807) is 18.9 Å². The normalized spacial score (nSPS) is 11.9. The molecule has 0 aliphatic heterocycles. The Hall–Kier alpha value is -3.07. The van der Waals surface area contributed by atoms with E-state index in [0.717, 1.165) is 22.6 Å². The molecule has 0 spiro atoms. The molecule has 3 N–H and O–H groups in total. The Bertz CT molecular complexity index is 943. The Balaban J connectivity index is 1.67. The van der Waals surface area contributed by atoms with Crippen LogP contribution in [-0.2, 0) is 13.2 Å². The van der Waals surface area contributed by atoms with Gasteiger partial charge in [0.05, 0.1) is 39.2 Å². The summed E-state index contributed by atoms with van der Waals surface area (Å²) in [4.78, 5) is 0. The lowest BCUT2D eigenvalue weighted by Crippen LogP contribution is -2.32. The highest BCUT2D eigenvalue weighted by Crippen LogP contribution is 2.32. The van der Waals surface area contributed by atoms with Crippen LogP contribution in [0.15, 0.2) is 54.7 Å². The van der Waals surface area contributed by atoms with Gasteiger partial charge in [0.25, 0.3) is 0 Å². The molecule has 2 aromatic carbocycles. The predicted octanol–water partition coefficient (Wildman–Crippen LogP) is 2.09. The SMILES string of the molecule is COc1ccc(COc2cc(-c3ccn(CC(O)CNCCO)n3)ccc2OC)cc1. The molecule has 0 aliphatic carbocycles. The second-order valence-electron chi connectivity index (χ2n) is 7.01. The maximum absolute atomic E-state index is 10.1. The lowest BCUT2D eigenvalue weighted by atomic mass is 10.1. The molecule has 3 rings (SSSR count). The Morgan fingerprint density at radius 2 is 1.84 bits per heavy atom. The molecule has 0 amide bonds. The zero-order valence-electron chi connectivity index (χ0n) is 17.8. The van der Waals surface area contributed by atoms with Crippen LogP contribution in [0.2, 0.25) is 0 Å². The van der Waals surface area contributed by atoms with Gasteiger partial charge in [-0.1, -0.05) is 12.1 Å². The first-order valence-electron chi connectivity index (χ1n) is 10.1. The smallest absolute Gasteiger partial charge is 0.162 e. The third-order valence-corrected chi connectivity index (χ3v) is 4.72. The van der Waals surface area contributed by atoms with Gasteiger partial charge in [0.1, 0.15) is 12.4 Å². The average molecular weight is 428 g/mol. The van der Waals surface area contributed by atoms with Crippen molar-refractivity contribution in [2.24, 2.45) is 0 Å². The fourth-order valence-corrected chi connectivity index (χ4v) is 3.08. The Morgan fingerprint density at radius 3 is 2.55 bits per heavy atom. The molecule has 1 atom stereocenters. The third-order valence-electron chi connectivity index (χ3n) is 4.72. The number of hydrogen-bond acceptors (Lipinski definition) is 7. The molecular formula is C23H29N3O5. The van der Waals surface area contributed by atoms with Gasteiger partial charge in [0.15, 0.2) is 11.5 Å². The highest BCUT2D eigenvalue weighted by Gasteiger charge is 2.11. The van der Waals surface area contributed by atoms with E-state index in [1.165, 1.54) is 0 Å². The second-order valence-corrected chi connectivity index (χ2v) is 7.01. The van der Waals surface area contributed by atoms with Crippen LogP contribution in [0.3, 0.4) is 0 Å². The Morgan fingerprint density at radius 1 is 1.03 bits per heavy atom. The number of aliphatic hydroxyl groups is 2. The maximum Gasteiger partial charge on any atom is 0.162 e. The van der Waals surface area contributed by atoms with Crippen LogP contribution in [0.1, 0.15) is 5.56 Å². The molecule has 31 heavy (non-hydrogen) atoms. The van der Waals surface area contributed by atoms with Gasteiger partial charge >= 0.3 is 0 Å². The van der Waals surface area contributed by atoms with Gasteiger partial charge in [-0.25, -0.2) is 0 Å². The zero-order chi connectivity index (χ0) is 22.1. The van der Waals surface area contributed by atoms with E-state index in [2.05, 4.69) is 10.4 Å². The van der Waals surface area contributed by atoms with Crippen LogP contribution in [0.5, 0.6) is 17.2 Å². The first-order chi connectivity index (χ1) is 15.1. The van der Waals surface area contributed by atoms with Crippen LogP contribution in [0.25, 0.3) is 11.3 Å². The van der Waals surface area contributed by atoms with Gasteiger partial charge in [-0.15, -0.1) is 0 Å². The quantitative estimate of drug-likeness (QED) is 0.381. The predicted molar refractivity (Wildman–Crippen MR) is 118 cm³/mol. The van der Waals surface area contributed by atoms with Crippen LogP contribution in [0.4, 0.5) is 0 Å². The van der Waals surface area contributed by atoms with Crippen molar-refractivity contribution < 1.29 is 24.4 Å². The summed E-state index contributed by atoms with van der Waals surface area (Å²) in [6.07, 6.45) is 1.23. The molecule has 0 bridgehead atoms. The third kappa shape index (κ3) is 6.45. The summed E-state index contributed by atoms with van der Waals surface area (Å²) in [5.74, 6) is 2.06. The molecule has 1 heterocycles. The standard InChI is InChI=1S/C23H29N3O5/c1-29-20-6-3-17(4-7-20)16-31-23-13-18(5-8-22(23)30-2)21-9-11-26(25-21)15-19(28)14-24-10-12-27/h3-9,11,13,19,24,27-28H,10,12,14-16H2,1-2H3. The molecule has 0 fully saturated rings. The van der Waals surface area contributed by atoms with Gasteiger partial charge in [0.2, 0.25) is 0 Å². The summed E-state index contributed by atoms with van der Waals surface area (Å²) >= 11 is 0. The zero-order valence-corrected chi connectivity index (χ0v) is 17.8. The van der Waals surface area contributed by atoms with Crippen LogP contribution < -0.4 is 19.5 Å².